The molecule has 2 nitrogen and oxygen atoms in total. The molecular weight excluding hydrogens is 308 g/mol. The van der Waals surface area contributed by atoms with E-state index in [1.54, 1.807) is 11.3 Å². The zero-order chi connectivity index (χ0) is 13.1. The van der Waals surface area contributed by atoms with E-state index in [9.17, 15) is 0 Å². The fraction of sp³-hybridized carbons (Fsp3) is 0.286. The van der Waals surface area contributed by atoms with Gasteiger partial charge < -0.3 is 5.73 Å². The quantitative estimate of drug-likeness (QED) is 0.930. The van der Waals surface area contributed by atoms with E-state index >= 15 is 0 Å². The molecule has 0 aliphatic heterocycles. The summed E-state index contributed by atoms with van der Waals surface area (Å²) in [5.41, 5.74) is 8.10. The molecule has 96 valence electrons. The second-order valence-corrected chi connectivity index (χ2v) is 6.34. The second-order valence-electron chi connectivity index (χ2n) is 4.48. The van der Waals surface area contributed by atoms with Gasteiger partial charge >= 0.3 is 0 Å². The second kappa shape index (κ2) is 5.97. The van der Waals surface area contributed by atoms with Crippen LogP contribution in [0, 0.1) is 0 Å². The third-order valence-corrected chi connectivity index (χ3v) is 4.65. The van der Waals surface area contributed by atoms with Crippen molar-refractivity contribution in [1.82, 2.24) is 4.90 Å². The Labute approximate surface area is 121 Å². The lowest BCUT2D eigenvalue weighted by molar-refractivity contribution is 0.346. The molecule has 0 aliphatic carbocycles. The van der Waals surface area contributed by atoms with Gasteiger partial charge in [0.05, 0.1) is 6.04 Å². The van der Waals surface area contributed by atoms with Gasteiger partial charge in [0.15, 0.2) is 0 Å². The van der Waals surface area contributed by atoms with Gasteiger partial charge in [-0.3, -0.25) is 4.90 Å². The maximum atomic E-state index is 5.64. The Morgan fingerprint density at radius 1 is 1.28 bits per heavy atom. The molecule has 1 atom stereocenters. The molecule has 1 aromatic heterocycles. The van der Waals surface area contributed by atoms with Gasteiger partial charge in [-0.15, -0.1) is 11.3 Å². The number of halogens is 1. The minimum absolute atomic E-state index is 0.299. The molecule has 0 aliphatic rings. The Morgan fingerprint density at radius 3 is 2.39 bits per heavy atom. The minimum Gasteiger partial charge on any atom is -0.326 e. The van der Waals surface area contributed by atoms with Crippen molar-refractivity contribution >= 4 is 27.3 Å². The number of nitrogens with zero attached hydrogens (tertiary/aromatic N) is 1. The Kier molecular flexibility index (Phi) is 4.56. The SMILES string of the molecule is CN(C)C(c1ccc(CN)cc1)c1cc(Br)cs1. The van der Waals surface area contributed by atoms with Crippen LogP contribution in [0.1, 0.15) is 22.0 Å². The summed E-state index contributed by atoms with van der Waals surface area (Å²) < 4.78 is 1.15. The summed E-state index contributed by atoms with van der Waals surface area (Å²) in [4.78, 5) is 3.57. The molecule has 0 fully saturated rings. The van der Waals surface area contributed by atoms with E-state index in [2.05, 4.69) is 70.6 Å². The Morgan fingerprint density at radius 2 is 1.94 bits per heavy atom. The van der Waals surface area contributed by atoms with E-state index < -0.39 is 0 Å². The maximum Gasteiger partial charge on any atom is 0.0691 e. The molecule has 4 heteroatoms. The molecular formula is C14H17BrN2S. The Balaban J connectivity index is 2.35. The zero-order valence-corrected chi connectivity index (χ0v) is 13.0. The number of rotatable bonds is 4. The minimum atomic E-state index is 0.299. The van der Waals surface area contributed by atoms with Crippen LogP contribution < -0.4 is 5.73 Å². The van der Waals surface area contributed by atoms with Gasteiger partial charge in [-0.25, -0.2) is 0 Å². The van der Waals surface area contributed by atoms with Crippen LogP contribution in [0.5, 0.6) is 0 Å². The van der Waals surface area contributed by atoms with Crippen LogP contribution in [0.15, 0.2) is 40.2 Å². The van der Waals surface area contributed by atoms with Crippen LogP contribution in [-0.2, 0) is 6.54 Å². The number of thiophene rings is 1. The summed E-state index contributed by atoms with van der Waals surface area (Å²) in [6.07, 6.45) is 0. The van der Waals surface area contributed by atoms with Gasteiger partial charge in [-0.2, -0.15) is 0 Å². The van der Waals surface area contributed by atoms with Gasteiger partial charge in [-0.05, 0) is 47.2 Å². The van der Waals surface area contributed by atoms with E-state index in [-0.39, 0.29) is 0 Å². The molecule has 18 heavy (non-hydrogen) atoms. The van der Waals surface area contributed by atoms with Crippen LogP contribution in [0.25, 0.3) is 0 Å². The number of hydrogen-bond acceptors (Lipinski definition) is 3. The molecule has 1 aromatic carbocycles. The summed E-state index contributed by atoms with van der Waals surface area (Å²) in [5, 5.41) is 2.13. The highest BCUT2D eigenvalue weighted by molar-refractivity contribution is 9.10. The normalized spacial score (nSPS) is 12.9. The fourth-order valence-electron chi connectivity index (χ4n) is 2.02. The Hall–Kier alpha value is -0.680. The van der Waals surface area contributed by atoms with Crippen molar-refractivity contribution in [3.8, 4) is 0 Å². The van der Waals surface area contributed by atoms with Crippen LogP contribution in [0.4, 0.5) is 0 Å². The van der Waals surface area contributed by atoms with Gasteiger partial charge in [-0.1, -0.05) is 24.3 Å². The highest BCUT2D eigenvalue weighted by Crippen LogP contribution is 2.33. The van der Waals surface area contributed by atoms with E-state index in [1.165, 1.54) is 16.0 Å². The van der Waals surface area contributed by atoms with E-state index in [0.717, 1.165) is 4.47 Å². The van der Waals surface area contributed by atoms with Crippen LogP contribution >= 0.6 is 27.3 Å². The fourth-order valence-corrected chi connectivity index (χ4v) is 3.69. The lowest BCUT2D eigenvalue weighted by Gasteiger charge is -2.23. The van der Waals surface area contributed by atoms with Crippen molar-refractivity contribution in [2.75, 3.05) is 14.1 Å². The molecule has 1 heterocycles. The standard InChI is InChI=1S/C14H17BrN2S/c1-17(2)14(13-7-12(15)9-18-13)11-5-3-10(8-16)4-6-11/h3-7,9,14H,8,16H2,1-2H3. The number of hydrogen-bond donors (Lipinski definition) is 1. The van der Waals surface area contributed by atoms with E-state index in [1.807, 2.05) is 0 Å². The van der Waals surface area contributed by atoms with Gasteiger partial charge in [0.25, 0.3) is 0 Å². The molecule has 0 saturated carbocycles. The van der Waals surface area contributed by atoms with Crippen molar-refractivity contribution in [3.63, 3.8) is 0 Å². The third-order valence-electron chi connectivity index (χ3n) is 2.90. The monoisotopic (exact) mass is 324 g/mol. The van der Waals surface area contributed by atoms with Gasteiger partial charge in [0.2, 0.25) is 0 Å². The average molecular weight is 325 g/mol. The summed E-state index contributed by atoms with van der Waals surface area (Å²) in [6, 6.07) is 11.0. The molecule has 0 saturated heterocycles. The number of benzene rings is 1. The van der Waals surface area contributed by atoms with Gasteiger partial charge in [0.1, 0.15) is 0 Å². The van der Waals surface area contributed by atoms with Crippen LogP contribution in [0.2, 0.25) is 0 Å². The molecule has 2 aromatic rings. The molecule has 2 rings (SSSR count). The first kappa shape index (κ1) is 13.7. The Bertz CT molecular complexity index is 505. The highest BCUT2D eigenvalue weighted by atomic mass is 79.9. The third kappa shape index (κ3) is 3.01. The van der Waals surface area contributed by atoms with Crippen molar-refractivity contribution in [2.24, 2.45) is 5.73 Å². The van der Waals surface area contributed by atoms with E-state index in [4.69, 9.17) is 5.73 Å². The van der Waals surface area contributed by atoms with Crippen LogP contribution in [-0.4, -0.2) is 19.0 Å². The molecule has 0 radical (unpaired) electrons. The largest absolute Gasteiger partial charge is 0.326 e. The van der Waals surface area contributed by atoms with Crippen molar-refractivity contribution in [1.29, 1.82) is 0 Å². The van der Waals surface area contributed by atoms with Crippen molar-refractivity contribution in [2.45, 2.75) is 12.6 Å². The predicted octanol–water partition coefficient (Wildman–Crippen LogP) is 3.62. The lowest BCUT2D eigenvalue weighted by Crippen LogP contribution is -2.20. The molecule has 1 unspecified atom stereocenters. The molecule has 0 bridgehead atoms. The molecule has 2 N–H and O–H groups in total. The summed E-state index contributed by atoms with van der Waals surface area (Å²) in [5.74, 6) is 0. The van der Waals surface area contributed by atoms with E-state index in [0.29, 0.717) is 12.6 Å². The predicted molar refractivity (Wildman–Crippen MR) is 81.9 cm³/mol. The smallest absolute Gasteiger partial charge is 0.0691 e. The first-order chi connectivity index (χ1) is 8.61. The first-order valence-corrected chi connectivity index (χ1v) is 7.48. The molecule has 0 amide bonds. The lowest BCUT2D eigenvalue weighted by atomic mass is 10.0. The zero-order valence-electron chi connectivity index (χ0n) is 10.6. The highest BCUT2D eigenvalue weighted by Gasteiger charge is 2.18. The summed E-state index contributed by atoms with van der Waals surface area (Å²) in [6.45, 7) is 0.595. The number of nitrogens with two attached hydrogens (primary N) is 1. The van der Waals surface area contributed by atoms with Gasteiger partial charge in [0, 0.05) is 21.3 Å². The summed E-state index contributed by atoms with van der Waals surface area (Å²) >= 11 is 5.30. The van der Waals surface area contributed by atoms with Crippen molar-refractivity contribution < 1.29 is 0 Å². The average Bonchev–Trinajstić information content (AvgIpc) is 2.76. The maximum absolute atomic E-state index is 5.64. The first-order valence-electron chi connectivity index (χ1n) is 5.81. The van der Waals surface area contributed by atoms with Crippen molar-refractivity contribution in [3.05, 3.63) is 56.2 Å². The molecule has 0 spiro atoms. The van der Waals surface area contributed by atoms with Crippen LogP contribution in [0.3, 0.4) is 0 Å². The summed E-state index contributed by atoms with van der Waals surface area (Å²) in [7, 11) is 4.21. The topological polar surface area (TPSA) is 29.3 Å².